The average Bonchev–Trinajstić information content (AvgIpc) is 2.92. The molecule has 0 amide bonds. The number of para-hydroxylation sites is 1. The van der Waals surface area contributed by atoms with E-state index in [2.05, 4.69) is 10.3 Å². The van der Waals surface area contributed by atoms with Gasteiger partial charge in [0.1, 0.15) is 5.69 Å². The van der Waals surface area contributed by atoms with Crippen LogP contribution in [0.25, 0.3) is 16.9 Å². The van der Waals surface area contributed by atoms with Crippen molar-refractivity contribution in [1.82, 2.24) is 15.0 Å². The summed E-state index contributed by atoms with van der Waals surface area (Å²) in [5.74, 6) is 0. The molecule has 4 heteroatoms. The van der Waals surface area contributed by atoms with Crippen LogP contribution >= 0.6 is 0 Å². The molecule has 4 nitrogen and oxygen atoms in total. The maximum Gasteiger partial charge on any atom is 0.172 e. The third-order valence-electron chi connectivity index (χ3n) is 3.20. The second-order valence-corrected chi connectivity index (χ2v) is 4.51. The van der Waals surface area contributed by atoms with Crippen molar-refractivity contribution in [2.75, 3.05) is 0 Å². The highest BCUT2D eigenvalue weighted by molar-refractivity contribution is 5.84. The summed E-state index contributed by atoms with van der Waals surface area (Å²) >= 11 is 0. The summed E-state index contributed by atoms with van der Waals surface area (Å²) in [4.78, 5) is 11.2. The van der Waals surface area contributed by atoms with Gasteiger partial charge in [-0.3, -0.25) is 4.79 Å². The summed E-state index contributed by atoms with van der Waals surface area (Å²) in [6, 6.07) is 17.6. The van der Waals surface area contributed by atoms with Gasteiger partial charge in [0.25, 0.3) is 0 Å². The van der Waals surface area contributed by atoms with Crippen LogP contribution in [-0.2, 0) is 0 Å². The van der Waals surface area contributed by atoms with Gasteiger partial charge in [-0.2, -0.15) is 0 Å². The third-order valence-corrected chi connectivity index (χ3v) is 3.20. The van der Waals surface area contributed by atoms with Gasteiger partial charge in [0, 0.05) is 5.56 Å². The maximum atomic E-state index is 11.2. The van der Waals surface area contributed by atoms with Gasteiger partial charge in [-0.15, -0.1) is 5.10 Å². The van der Waals surface area contributed by atoms with E-state index in [0.717, 1.165) is 28.8 Å². The molecule has 0 spiro atoms. The van der Waals surface area contributed by atoms with Crippen LogP contribution in [-0.4, -0.2) is 21.3 Å². The summed E-state index contributed by atoms with van der Waals surface area (Å²) in [6.45, 7) is 2.01. The quantitative estimate of drug-likeness (QED) is 0.682. The summed E-state index contributed by atoms with van der Waals surface area (Å²) in [7, 11) is 0. The van der Waals surface area contributed by atoms with Crippen molar-refractivity contribution in [2.45, 2.75) is 6.92 Å². The van der Waals surface area contributed by atoms with Gasteiger partial charge < -0.3 is 0 Å². The van der Waals surface area contributed by atoms with E-state index < -0.39 is 0 Å². The van der Waals surface area contributed by atoms with E-state index in [1.165, 1.54) is 0 Å². The fourth-order valence-corrected chi connectivity index (χ4v) is 2.21. The van der Waals surface area contributed by atoms with Gasteiger partial charge in [-0.25, -0.2) is 4.68 Å². The van der Waals surface area contributed by atoms with Crippen LogP contribution in [0, 0.1) is 6.92 Å². The first-order valence-corrected chi connectivity index (χ1v) is 6.33. The lowest BCUT2D eigenvalue weighted by molar-refractivity contribution is 0.111. The van der Waals surface area contributed by atoms with Crippen molar-refractivity contribution in [2.24, 2.45) is 0 Å². The highest BCUT2D eigenvalue weighted by Crippen LogP contribution is 2.25. The monoisotopic (exact) mass is 263 g/mol. The number of aryl methyl sites for hydroxylation is 1. The molecule has 1 heterocycles. The van der Waals surface area contributed by atoms with Crippen LogP contribution in [0.1, 0.15) is 16.1 Å². The Labute approximate surface area is 116 Å². The standard InChI is InChI=1S/C16H13N3O/c1-12-7-5-6-10-15(12)19-16(14(11-20)17-18-19)13-8-3-2-4-9-13/h2-11H,1H3. The first-order valence-electron chi connectivity index (χ1n) is 6.33. The number of carbonyl (C=O) groups excluding carboxylic acids is 1. The van der Waals surface area contributed by atoms with Crippen molar-refractivity contribution < 1.29 is 4.79 Å². The Hall–Kier alpha value is -2.75. The molecule has 0 aliphatic heterocycles. The molecule has 0 fully saturated rings. The van der Waals surface area contributed by atoms with Gasteiger partial charge in [-0.05, 0) is 18.6 Å². The highest BCUT2D eigenvalue weighted by Gasteiger charge is 2.16. The van der Waals surface area contributed by atoms with Gasteiger partial charge in [-0.1, -0.05) is 53.7 Å². The fraction of sp³-hybridized carbons (Fsp3) is 0.0625. The topological polar surface area (TPSA) is 47.8 Å². The minimum Gasteiger partial charge on any atom is -0.296 e. The molecule has 3 aromatic rings. The molecule has 2 aromatic carbocycles. The minimum atomic E-state index is 0.347. The molecule has 0 saturated carbocycles. The zero-order valence-electron chi connectivity index (χ0n) is 11.0. The molecular weight excluding hydrogens is 250 g/mol. The van der Waals surface area contributed by atoms with E-state index >= 15 is 0 Å². The molecular formula is C16H13N3O. The predicted molar refractivity (Wildman–Crippen MR) is 76.9 cm³/mol. The van der Waals surface area contributed by atoms with Gasteiger partial charge >= 0.3 is 0 Å². The largest absolute Gasteiger partial charge is 0.296 e. The molecule has 0 N–H and O–H groups in total. The van der Waals surface area contributed by atoms with E-state index in [0.29, 0.717) is 5.69 Å². The molecule has 0 unspecified atom stereocenters. The van der Waals surface area contributed by atoms with E-state index in [1.807, 2.05) is 61.5 Å². The Morgan fingerprint density at radius 1 is 1.00 bits per heavy atom. The van der Waals surface area contributed by atoms with Gasteiger partial charge in [0.15, 0.2) is 12.0 Å². The van der Waals surface area contributed by atoms with Crippen molar-refractivity contribution in [3.8, 4) is 16.9 Å². The summed E-state index contributed by atoms with van der Waals surface area (Å²) < 4.78 is 1.72. The molecule has 3 rings (SSSR count). The molecule has 0 saturated heterocycles. The highest BCUT2D eigenvalue weighted by atomic mass is 16.1. The average molecular weight is 263 g/mol. The lowest BCUT2D eigenvalue weighted by atomic mass is 10.1. The number of hydrogen-bond donors (Lipinski definition) is 0. The second kappa shape index (κ2) is 5.09. The zero-order chi connectivity index (χ0) is 13.9. The number of carbonyl (C=O) groups is 1. The number of aldehydes is 1. The van der Waals surface area contributed by atoms with Crippen molar-refractivity contribution >= 4 is 6.29 Å². The molecule has 98 valence electrons. The van der Waals surface area contributed by atoms with Crippen LogP contribution in [0.4, 0.5) is 0 Å². The first kappa shape index (κ1) is 12.3. The molecule has 0 atom stereocenters. The number of aromatic nitrogens is 3. The first-order chi connectivity index (χ1) is 9.81. The van der Waals surface area contributed by atoms with Crippen LogP contribution in [0.15, 0.2) is 54.6 Å². The second-order valence-electron chi connectivity index (χ2n) is 4.51. The number of rotatable bonds is 3. The van der Waals surface area contributed by atoms with Crippen molar-refractivity contribution in [3.05, 3.63) is 65.9 Å². The molecule has 0 radical (unpaired) electrons. The maximum absolute atomic E-state index is 11.2. The molecule has 0 aliphatic rings. The Bertz CT molecular complexity index is 747. The van der Waals surface area contributed by atoms with E-state index in [-0.39, 0.29) is 0 Å². The molecule has 20 heavy (non-hydrogen) atoms. The van der Waals surface area contributed by atoms with E-state index in [9.17, 15) is 4.79 Å². The fourth-order valence-electron chi connectivity index (χ4n) is 2.21. The normalized spacial score (nSPS) is 10.4. The van der Waals surface area contributed by atoms with Crippen molar-refractivity contribution in [1.29, 1.82) is 0 Å². The van der Waals surface area contributed by atoms with Crippen LogP contribution in [0.2, 0.25) is 0 Å². The number of hydrogen-bond acceptors (Lipinski definition) is 3. The van der Waals surface area contributed by atoms with Crippen LogP contribution in [0.5, 0.6) is 0 Å². The zero-order valence-corrected chi connectivity index (χ0v) is 11.0. The van der Waals surface area contributed by atoms with Crippen LogP contribution < -0.4 is 0 Å². The summed E-state index contributed by atoms with van der Waals surface area (Å²) in [5, 5.41) is 8.10. The van der Waals surface area contributed by atoms with E-state index in [4.69, 9.17) is 0 Å². The Kier molecular flexibility index (Phi) is 3.13. The Balaban J connectivity index is 2.26. The molecule has 0 aliphatic carbocycles. The molecule has 0 bridgehead atoms. The third kappa shape index (κ3) is 2.01. The predicted octanol–water partition coefficient (Wildman–Crippen LogP) is 3.06. The lowest BCUT2D eigenvalue weighted by Crippen LogP contribution is -2.02. The summed E-state index contributed by atoms with van der Waals surface area (Å²) in [5.41, 5.74) is 3.98. The smallest absolute Gasteiger partial charge is 0.172 e. The van der Waals surface area contributed by atoms with Gasteiger partial charge in [0.2, 0.25) is 0 Å². The van der Waals surface area contributed by atoms with Crippen LogP contribution in [0.3, 0.4) is 0 Å². The molecule has 1 aromatic heterocycles. The lowest BCUT2D eigenvalue weighted by Gasteiger charge is -2.09. The van der Waals surface area contributed by atoms with E-state index in [1.54, 1.807) is 4.68 Å². The van der Waals surface area contributed by atoms with Crippen molar-refractivity contribution in [3.63, 3.8) is 0 Å². The number of benzene rings is 2. The SMILES string of the molecule is Cc1ccccc1-n1nnc(C=O)c1-c1ccccc1. The number of nitrogens with zero attached hydrogens (tertiary/aromatic N) is 3. The minimum absolute atomic E-state index is 0.347. The Morgan fingerprint density at radius 2 is 1.70 bits per heavy atom. The summed E-state index contributed by atoms with van der Waals surface area (Å²) in [6.07, 6.45) is 0.740. The van der Waals surface area contributed by atoms with Gasteiger partial charge in [0.05, 0.1) is 5.69 Å². The Morgan fingerprint density at radius 3 is 2.40 bits per heavy atom.